The summed E-state index contributed by atoms with van der Waals surface area (Å²) in [6.45, 7) is 17.8. The first-order valence-electron chi connectivity index (χ1n) is 15.7. The van der Waals surface area contributed by atoms with Crippen molar-refractivity contribution < 1.29 is 22.7 Å². The van der Waals surface area contributed by atoms with Crippen molar-refractivity contribution in [2.45, 2.75) is 72.9 Å². The maximum atomic E-state index is 13.8. The second-order valence-electron chi connectivity index (χ2n) is 10.7. The Balaban J connectivity index is 0.00000316. The van der Waals surface area contributed by atoms with Crippen LogP contribution in [0.3, 0.4) is 0 Å². The molecule has 2 aliphatic heterocycles. The van der Waals surface area contributed by atoms with Crippen molar-refractivity contribution in [3.05, 3.63) is 35.5 Å². The van der Waals surface area contributed by atoms with Gasteiger partial charge < -0.3 is 25.2 Å². The van der Waals surface area contributed by atoms with Crippen LogP contribution in [0.4, 0.5) is 24.5 Å². The monoisotopic (exact) mass is 608 g/mol. The molecule has 2 saturated heterocycles. The van der Waals surface area contributed by atoms with Gasteiger partial charge in [0.1, 0.15) is 18.1 Å². The van der Waals surface area contributed by atoms with Gasteiger partial charge in [-0.05, 0) is 61.6 Å². The van der Waals surface area contributed by atoms with Gasteiger partial charge in [-0.2, -0.15) is 13.2 Å². The third kappa shape index (κ3) is 11.2. The number of amides is 1. The summed E-state index contributed by atoms with van der Waals surface area (Å²) in [5, 5.41) is 6.02. The Labute approximate surface area is 255 Å². The van der Waals surface area contributed by atoms with Crippen LogP contribution in [0.2, 0.25) is 0 Å². The van der Waals surface area contributed by atoms with Crippen molar-refractivity contribution in [1.82, 2.24) is 10.2 Å². The minimum Gasteiger partial charge on any atom is -0.379 e. The van der Waals surface area contributed by atoms with E-state index < -0.39 is 11.7 Å². The Morgan fingerprint density at radius 3 is 2.67 bits per heavy atom. The number of anilines is 2. The van der Waals surface area contributed by atoms with Gasteiger partial charge in [0.2, 0.25) is 5.91 Å². The molecule has 0 bridgehead atoms. The number of ether oxygens (including phenoxy) is 1. The molecule has 242 valence electrons. The Kier molecular flexibility index (Phi) is 15.6. The van der Waals surface area contributed by atoms with Gasteiger partial charge in [-0.3, -0.25) is 9.79 Å². The van der Waals surface area contributed by atoms with Crippen LogP contribution in [0.15, 0.2) is 40.0 Å². The predicted octanol–water partition coefficient (Wildman–Crippen LogP) is 6.29. The van der Waals surface area contributed by atoms with E-state index in [9.17, 15) is 18.0 Å². The highest BCUT2D eigenvalue weighted by atomic mass is 19.4. The number of aryl methyl sites for hydroxylation is 1. The zero-order valence-corrected chi connectivity index (χ0v) is 26.6. The van der Waals surface area contributed by atoms with E-state index >= 15 is 0 Å². The van der Waals surface area contributed by atoms with E-state index in [4.69, 9.17) is 4.74 Å². The Hall–Kier alpha value is -3.08. The molecule has 8 nitrogen and oxygen atoms in total. The first-order chi connectivity index (χ1) is 20.7. The maximum absolute atomic E-state index is 13.8. The van der Waals surface area contributed by atoms with Gasteiger partial charge in [0.25, 0.3) is 0 Å². The Bertz CT molecular complexity index is 1080. The van der Waals surface area contributed by atoms with E-state index in [-0.39, 0.29) is 25.0 Å². The number of aliphatic imine (C=N–C) groups is 2. The number of benzene rings is 1. The van der Waals surface area contributed by atoms with Crippen molar-refractivity contribution in [2.75, 3.05) is 62.8 Å². The minimum absolute atomic E-state index is 0.00913. The summed E-state index contributed by atoms with van der Waals surface area (Å²) in [5.41, 5.74) is 2.12. The van der Waals surface area contributed by atoms with Gasteiger partial charge in [-0.25, -0.2) is 4.99 Å². The molecular weight excluding hydrogens is 557 g/mol. The second-order valence-corrected chi connectivity index (χ2v) is 10.7. The van der Waals surface area contributed by atoms with E-state index in [1.807, 2.05) is 19.9 Å². The highest BCUT2D eigenvalue weighted by Crippen LogP contribution is 2.32. The van der Waals surface area contributed by atoms with Crippen molar-refractivity contribution in [1.29, 1.82) is 0 Å². The average molecular weight is 609 g/mol. The van der Waals surface area contributed by atoms with E-state index in [1.54, 1.807) is 4.90 Å². The van der Waals surface area contributed by atoms with Gasteiger partial charge in [0.15, 0.2) is 0 Å². The smallest absolute Gasteiger partial charge is 0.379 e. The molecule has 0 radical (unpaired) electrons. The number of halogens is 3. The maximum Gasteiger partial charge on any atom is 0.421 e. The minimum atomic E-state index is -4.66. The van der Waals surface area contributed by atoms with Gasteiger partial charge in [-0.1, -0.05) is 41.0 Å². The molecule has 2 N–H and O–H groups in total. The first kappa shape index (κ1) is 36.1. The zero-order valence-electron chi connectivity index (χ0n) is 26.6. The SMILES string of the molecule is C=N/C=C(\C(=N/CNc1ccc(N2CCC(C(C)CC)C2)cc1CC)NCCCN1CCOCCC1=O)C(F)(F)F.CC. The fourth-order valence-electron chi connectivity index (χ4n) is 5.29. The molecule has 2 aliphatic rings. The van der Waals surface area contributed by atoms with E-state index in [2.05, 4.69) is 65.1 Å². The summed E-state index contributed by atoms with van der Waals surface area (Å²) in [7, 11) is 0. The molecule has 0 saturated carbocycles. The Morgan fingerprint density at radius 2 is 2.00 bits per heavy atom. The van der Waals surface area contributed by atoms with Crippen LogP contribution in [-0.4, -0.2) is 82.1 Å². The van der Waals surface area contributed by atoms with Crippen LogP contribution in [0, 0.1) is 11.8 Å². The van der Waals surface area contributed by atoms with E-state index in [0.29, 0.717) is 57.2 Å². The Morgan fingerprint density at radius 1 is 1.23 bits per heavy atom. The van der Waals surface area contributed by atoms with E-state index in [0.717, 1.165) is 30.8 Å². The lowest BCUT2D eigenvalue weighted by Gasteiger charge is -2.23. The molecule has 11 heteroatoms. The lowest BCUT2D eigenvalue weighted by atomic mass is 9.91. The normalized spacial score (nSPS) is 19.0. The van der Waals surface area contributed by atoms with Crippen molar-refractivity contribution in [3.63, 3.8) is 0 Å². The van der Waals surface area contributed by atoms with Crippen LogP contribution in [0.5, 0.6) is 0 Å². The van der Waals surface area contributed by atoms with Gasteiger partial charge in [-0.15, -0.1) is 0 Å². The topological polar surface area (TPSA) is 81.6 Å². The summed E-state index contributed by atoms with van der Waals surface area (Å²) in [5.74, 6) is 1.07. The van der Waals surface area contributed by atoms with Crippen LogP contribution in [-0.2, 0) is 16.0 Å². The molecule has 2 fully saturated rings. The summed E-state index contributed by atoms with van der Waals surface area (Å²) in [4.78, 5) is 23.9. The number of carbonyl (C=O) groups excluding carboxylic acids is 1. The molecule has 0 aliphatic carbocycles. The average Bonchev–Trinajstić information content (AvgIpc) is 3.41. The molecule has 3 rings (SSSR count). The molecule has 1 aromatic carbocycles. The quantitative estimate of drug-likeness (QED) is 0.156. The molecule has 1 aromatic rings. The first-order valence-corrected chi connectivity index (χ1v) is 15.7. The number of nitrogens with one attached hydrogen (secondary N) is 2. The van der Waals surface area contributed by atoms with Crippen LogP contribution >= 0.6 is 0 Å². The molecular formula is C32H51F3N6O2. The molecule has 2 atom stereocenters. The molecule has 0 aromatic heterocycles. The van der Waals surface area contributed by atoms with Crippen LogP contribution in [0.25, 0.3) is 0 Å². The fourth-order valence-corrected chi connectivity index (χ4v) is 5.29. The number of hydrogen-bond donors (Lipinski definition) is 2. The van der Waals surface area contributed by atoms with Crippen molar-refractivity contribution in [2.24, 2.45) is 21.8 Å². The van der Waals surface area contributed by atoms with Crippen LogP contribution < -0.4 is 15.5 Å². The van der Waals surface area contributed by atoms with Crippen LogP contribution in [0.1, 0.15) is 65.9 Å². The van der Waals surface area contributed by atoms with Gasteiger partial charge in [0.05, 0.1) is 19.6 Å². The number of amidine groups is 1. The summed E-state index contributed by atoms with van der Waals surface area (Å²) in [6, 6.07) is 6.23. The number of nitrogens with zero attached hydrogens (tertiary/aromatic N) is 4. The third-order valence-electron chi connectivity index (χ3n) is 8.01. The van der Waals surface area contributed by atoms with Gasteiger partial charge >= 0.3 is 6.18 Å². The molecule has 2 unspecified atom stereocenters. The molecule has 1 amide bonds. The number of alkyl halides is 3. The van der Waals surface area contributed by atoms with Gasteiger partial charge in [0, 0.05) is 50.3 Å². The van der Waals surface area contributed by atoms with E-state index in [1.165, 1.54) is 18.5 Å². The highest BCUT2D eigenvalue weighted by Gasteiger charge is 2.37. The van der Waals surface area contributed by atoms with Crippen molar-refractivity contribution in [3.8, 4) is 0 Å². The summed E-state index contributed by atoms with van der Waals surface area (Å²) >= 11 is 0. The molecule has 0 spiro atoms. The summed E-state index contributed by atoms with van der Waals surface area (Å²) < 4.78 is 46.9. The molecule has 2 heterocycles. The highest BCUT2D eigenvalue weighted by molar-refractivity contribution is 5.99. The number of hydrogen-bond acceptors (Lipinski definition) is 6. The lowest BCUT2D eigenvalue weighted by molar-refractivity contribution is -0.130. The fraction of sp³-hybridized carbons (Fsp3) is 0.656. The summed E-state index contributed by atoms with van der Waals surface area (Å²) in [6.07, 6.45) is -0.0582. The third-order valence-corrected chi connectivity index (χ3v) is 8.01. The predicted molar refractivity (Wildman–Crippen MR) is 171 cm³/mol. The number of rotatable bonds is 13. The standard InChI is InChI=1S/C30H45F3N6O2.C2H6/c1-5-22(3)24-10-14-39(20-24)25-8-9-27(23(6-2)18-25)36-21-37-29(26(19-34-4)30(31,32)33)35-12-7-13-38-15-17-41-16-11-28(38)40;1-2/h8-9,18-19,22,24,36H,4-7,10-17,20-21H2,1-3H3,(H,35,37);1-2H3/b26-19+;. The van der Waals surface area contributed by atoms with Crippen molar-refractivity contribution >= 4 is 29.8 Å². The largest absolute Gasteiger partial charge is 0.421 e. The second kappa shape index (κ2) is 18.6. The number of carbonyl (C=O) groups is 1. The molecule has 43 heavy (non-hydrogen) atoms. The zero-order chi connectivity index (χ0) is 31.8. The lowest BCUT2D eigenvalue weighted by Crippen LogP contribution is -2.37.